The fourth-order valence-corrected chi connectivity index (χ4v) is 2.69. The van der Waals surface area contributed by atoms with E-state index in [4.69, 9.17) is 11.6 Å². The maximum atomic E-state index is 13.0. The largest absolute Gasteiger partial charge is 0.293 e. The number of nitrogens with zero attached hydrogens (tertiary/aromatic N) is 1. The molecule has 1 atom stereocenters. The summed E-state index contributed by atoms with van der Waals surface area (Å²) >= 11 is 6.20. The van der Waals surface area contributed by atoms with Crippen LogP contribution in [0.15, 0.2) is 79.0 Å². The van der Waals surface area contributed by atoms with Crippen LogP contribution in [-0.2, 0) is 0 Å². The second-order valence-electron chi connectivity index (χ2n) is 4.94. The molecule has 108 valence electrons. The van der Waals surface area contributed by atoms with Gasteiger partial charge in [0.15, 0.2) is 5.78 Å². The van der Waals surface area contributed by atoms with E-state index in [0.29, 0.717) is 10.6 Å². The maximum absolute atomic E-state index is 13.0. The van der Waals surface area contributed by atoms with Crippen molar-refractivity contribution in [3.8, 4) is 0 Å². The summed E-state index contributed by atoms with van der Waals surface area (Å²) in [7, 11) is 0. The number of halogens is 1. The number of carbonyl (C=O) groups excluding carboxylic acids is 1. The first-order valence-corrected chi connectivity index (χ1v) is 7.40. The molecule has 0 aliphatic rings. The van der Waals surface area contributed by atoms with Crippen LogP contribution in [0.4, 0.5) is 0 Å². The van der Waals surface area contributed by atoms with Gasteiger partial charge in [0.05, 0.1) is 16.6 Å². The summed E-state index contributed by atoms with van der Waals surface area (Å²) < 4.78 is 0. The zero-order valence-corrected chi connectivity index (χ0v) is 12.6. The van der Waals surface area contributed by atoms with E-state index < -0.39 is 5.92 Å². The molecule has 1 aromatic heterocycles. The number of aromatic nitrogens is 1. The molecule has 0 saturated heterocycles. The van der Waals surface area contributed by atoms with E-state index in [-0.39, 0.29) is 5.78 Å². The average molecular weight is 308 g/mol. The van der Waals surface area contributed by atoms with E-state index in [0.717, 1.165) is 11.3 Å². The monoisotopic (exact) mass is 307 g/mol. The highest BCUT2D eigenvalue weighted by molar-refractivity contribution is 6.34. The van der Waals surface area contributed by atoms with E-state index in [1.54, 1.807) is 18.3 Å². The topological polar surface area (TPSA) is 30.0 Å². The fraction of sp³-hybridized carbons (Fsp3) is 0.0526. The normalized spacial score (nSPS) is 11.9. The first kappa shape index (κ1) is 14.5. The van der Waals surface area contributed by atoms with Gasteiger partial charge in [0.2, 0.25) is 0 Å². The van der Waals surface area contributed by atoms with Crippen molar-refractivity contribution >= 4 is 17.4 Å². The SMILES string of the molecule is O=C(c1ccccc1Cl)[C@H](c1ccccc1)c1ccccn1. The summed E-state index contributed by atoms with van der Waals surface area (Å²) in [5.74, 6) is -0.502. The van der Waals surface area contributed by atoms with Gasteiger partial charge in [-0.25, -0.2) is 0 Å². The van der Waals surface area contributed by atoms with Gasteiger partial charge in [0.1, 0.15) is 0 Å². The average Bonchev–Trinajstić information content (AvgIpc) is 2.57. The third-order valence-corrected chi connectivity index (χ3v) is 3.85. The molecule has 2 aromatic carbocycles. The minimum atomic E-state index is -0.456. The Morgan fingerprint density at radius 1 is 0.864 bits per heavy atom. The van der Waals surface area contributed by atoms with Gasteiger partial charge in [-0.15, -0.1) is 0 Å². The third kappa shape index (κ3) is 2.92. The van der Waals surface area contributed by atoms with Crippen LogP contribution in [0.3, 0.4) is 0 Å². The van der Waals surface area contributed by atoms with Crippen LogP contribution in [0.1, 0.15) is 27.5 Å². The Bertz CT molecular complexity index is 732. The van der Waals surface area contributed by atoms with Crippen molar-refractivity contribution in [3.63, 3.8) is 0 Å². The van der Waals surface area contributed by atoms with Crippen LogP contribution in [0, 0.1) is 0 Å². The quantitative estimate of drug-likeness (QED) is 0.651. The molecule has 3 heteroatoms. The van der Waals surface area contributed by atoms with E-state index in [1.165, 1.54) is 0 Å². The highest BCUT2D eigenvalue weighted by Crippen LogP contribution is 2.29. The van der Waals surface area contributed by atoms with Crippen molar-refractivity contribution in [1.29, 1.82) is 0 Å². The van der Waals surface area contributed by atoms with Gasteiger partial charge >= 0.3 is 0 Å². The van der Waals surface area contributed by atoms with Crippen molar-refractivity contribution in [3.05, 3.63) is 101 Å². The zero-order valence-electron chi connectivity index (χ0n) is 11.8. The number of hydrogen-bond donors (Lipinski definition) is 0. The Kier molecular flexibility index (Phi) is 4.31. The van der Waals surface area contributed by atoms with Crippen LogP contribution < -0.4 is 0 Å². The van der Waals surface area contributed by atoms with Gasteiger partial charge in [0.25, 0.3) is 0 Å². The molecule has 0 bridgehead atoms. The lowest BCUT2D eigenvalue weighted by Gasteiger charge is -2.16. The molecule has 0 saturated carbocycles. The smallest absolute Gasteiger partial charge is 0.177 e. The zero-order chi connectivity index (χ0) is 15.4. The predicted octanol–water partition coefficient (Wildman–Crippen LogP) is 4.75. The van der Waals surface area contributed by atoms with E-state index >= 15 is 0 Å². The van der Waals surface area contributed by atoms with Crippen molar-refractivity contribution in [2.75, 3.05) is 0 Å². The number of benzene rings is 2. The van der Waals surface area contributed by atoms with Gasteiger partial charge in [-0.05, 0) is 29.8 Å². The van der Waals surface area contributed by atoms with Crippen molar-refractivity contribution in [1.82, 2.24) is 4.98 Å². The molecule has 3 rings (SSSR count). The Morgan fingerprint density at radius 2 is 1.55 bits per heavy atom. The Hall–Kier alpha value is -2.45. The standard InChI is InChI=1S/C19H14ClNO/c20-16-11-5-4-10-15(16)19(22)18(14-8-2-1-3-9-14)17-12-6-7-13-21-17/h1-13,18H/t18-/m1/s1. The molecular formula is C19H14ClNO. The summed E-state index contributed by atoms with van der Waals surface area (Å²) in [5.41, 5.74) is 2.15. The third-order valence-electron chi connectivity index (χ3n) is 3.52. The number of hydrogen-bond acceptors (Lipinski definition) is 2. The number of rotatable bonds is 4. The van der Waals surface area contributed by atoms with Crippen molar-refractivity contribution in [2.24, 2.45) is 0 Å². The Balaban J connectivity index is 2.11. The molecule has 2 nitrogen and oxygen atoms in total. The van der Waals surface area contributed by atoms with Crippen molar-refractivity contribution in [2.45, 2.75) is 5.92 Å². The van der Waals surface area contributed by atoms with Crippen molar-refractivity contribution < 1.29 is 4.79 Å². The van der Waals surface area contributed by atoms with E-state index in [1.807, 2.05) is 60.7 Å². The number of ketones is 1. The summed E-state index contributed by atoms with van der Waals surface area (Å²) in [4.78, 5) is 17.4. The molecule has 3 aromatic rings. The summed E-state index contributed by atoms with van der Waals surface area (Å²) in [6, 6.07) is 22.4. The van der Waals surface area contributed by atoms with Crippen LogP contribution in [0.25, 0.3) is 0 Å². The molecule has 0 unspecified atom stereocenters. The second-order valence-corrected chi connectivity index (χ2v) is 5.35. The molecule has 0 N–H and O–H groups in total. The van der Waals surface area contributed by atoms with Gasteiger partial charge in [-0.2, -0.15) is 0 Å². The van der Waals surface area contributed by atoms with Gasteiger partial charge in [-0.1, -0.05) is 60.1 Å². The molecule has 0 fully saturated rings. The highest BCUT2D eigenvalue weighted by atomic mass is 35.5. The molecule has 0 spiro atoms. The van der Waals surface area contributed by atoms with E-state index in [9.17, 15) is 4.79 Å². The molecule has 0 radical (unpaired) electrons. The highest BCUT2D eigenvalue weighted by Gasteiger charge is 2.26. The molecule has 0 amide bonds. The summed E-state index contributed by atoms with van der Waals surface area (Å²) in [6.07, 6.45) is 1.70. The molecular weight excluding hydrogens is 294 g/mol. The molecule has 0 aliphatic heterocycles. The van der Waals surface area contributed by atoms with Gasteiger partial charge in [0, 0.05) is 11.8 Å². The summed E-state index contributed by atoms with van der Waals surface area (Å²) in [6.45, 7) is 0. The minimum Gasteiger partial charge on any atom is -0.293 e. The lowest BCUT2D eigenvalue weighted by molar-refractivity contribution is 0.0972. The van der Waals surface area contributed by atoms with Gasteiger partial charge in [-0.3, -0.25) is 9.78 Å². The fourth-order valence-electron chi connectivity index (χ4n) is 2.47. The Morgan fingerprint density at radius 3 is 2.23 bits per heavy atom. The second kappa shape index (κ2) is 6.54. The number of carbonyl (C=O) groups is 1. The molecule has 0 aliphatic carbocycles. The lowest BCUT2D eigenvalue weighted by atomic mass is 9.87. The minimum absolute atomic E-state index is 0.0458. The van der Waals surface area contributed by atoms with Gasteiger partial charge < -0.3 is 0 Å². The summed E-state index contributed by atoms with van der Waals surface area (Å²) in [5, 5.41) is 0.462. The van der Waals surface area contributed by atoms with Crippen LogP contribution in [-0.4, -0.2) is 10.8 Å². The van der Waals surface area contributed by atoms with Crippen LogP contribution in [0.5, 0.6) is 0 Å². The predicted molar refractivity (Wildman–Crippen MR) is 88.3 cm³/mol. The maximum Gasteiger partial charge on any atom is 0.177 e. The molecule has 1 heterocycles. The van der Waals surface area contributed by atoms with Crippen LogP contribution in [0.2, 0.25) is 5.02 Å². The van der Waals surface area contributed by atoms with Crippen LogP contribution >= 0.6 is 11.6 Å². The number of pyridine rings is 1. The molecule has 22 heavy (non-hydrogen) atoms. The lowest BCUT2D eigenvalue weighted by Crippen LogP contribution is -2.16. The van der Waals surface area contributed by atoms with E-state index in [2.05, 4.69) is 4.98 Å². The first-order valence-electron chi connectivity index (χ1n) is 7.02. The first-order chi connectivity index (χ1) is 10.8. The Labute approximate surface area is 134 Å². The number of Topliss-reactive ketones (excluding diaryl/α,β-unsaturated/α-hetero) is 1.